The first-order valence-corrected chi connectivity index (χ1v) is 7.64. The number of nitrogens with zero attached hydrogens (tertiary/aromatic N) is 1. The lowest BCUT2D eigenvalue weighted by molar-refractivity contribution is -0.385. The van der Waals surface area contributed by atoms with Gasteiger partial charge in [0.15, 0.2) is 0 Å². The van der Waals surface area contributed by atoms with E-state index in [9.17, 15) is 18.5 Å². The summed E-state index contributed by atoms with van der Waals surface area (Å²) in [5.41, 5.74) is 6.38. The van der Waals surface area contributed by atoms with Crippen LogP contribution in [0.2, 0.25) is 0 Å². The van der Waals surface area contributed by atoms with Crippen LogP contribution in [0, 0.1) is 24.0 Å². The first-order valence-electron chi connectivity index (χ1n) is 6.16. The Balaban J connectivity index is 3.14. The summed E-state index contributed by atoms with van der Waals surface area (Å²) in [6, 6.07) is 2.32. The van der Waals surface area contributed by atoms with Crippen LogP contribution < -0.4 is 10.5 Å². The summed E-state index contributed by atoms with van der Waals surface area (Å²) in [4.78, 5) is 10.2. The molecule has 0 spiro atoms. The van der Waals surface area contributed by atoms with E-state index in [1.807, 2.05) is 0 Å². The Morgan fingerprint density at radius 2 is 2.00 bits per heavy atom. The van der Waals surface area contributed by atoms with Gasteiger partial charge >= 0.3 is 0 Å². The van der Waals surface area contributed by atoms with Gasteiger partial charge in [-0.1, -0.05) is 0 Å². The van der Waals surface area contributed by atoms with Crippen LogP contribution in [0.1, 0.15) is 24.5 Å². The Kier molecular flexibility index (Phi) is 5.21. The maximum atomic E-state index is 12.2. The summed E-state index contributed by atoms with van der Waals surface area (Å²) >= 11 is 0. The number of nitrogens with one attached hydrogen (secondary N) is 1. The second-order valence-corrected chi connectivity index (χ2v) is 6.54. The summed E-state index contributed by atoms with van der Waals surface area (Å²) in [5.74, 6) is 0. The molecule has 7 nitrogen and oxygen atoms in total. The lowest BCUT2D eigenvalue weighted by atomic mass is 10.1. The van der Waals surface area contributed by atoms with Gasteiger partial charge in [-0.2, -0.15) is 0 Å². The summed E-state index contributed by atoms with van der Waals surface area (Å²) in [7, 11) is -3.78. The van der Waals surface area contributed by atoms with Crippen LogP contribution in [0.25, 0.3) is 0 Å². The molecule has 1 atom stereocenters. The molecule has 0 amide bonds. The molecule has 20 heavy (non-hydrogen) atoms. The van der Waals surface area contributed by atoms with E-state index >= 15 is 0 Å². The highest BCUT2D eigenvalue weighted by Gasteiger charge is 2.21. The van der Waals surface area contributed by atoms with Crippen molar-refractivity contribution >= 4 is 15.7 Å². The number of nitro groups is 1. The lowest BCUT2D eigenvalue weighted by Gasteiger charge is -2.12. The second-order valence-electron chi connectivity index (χ2n) is 4.81. The maximum Gasteiger partial charge on any atom is 0.271 e. The third kappa shape index (κ3) is 3.99. The number of nitrogens with two attached hydrogens (primary N) is 1. The maximum absolute atomic E-state index is 12.2. The Morgan fingerprint density at radius 3 is 2.50 bits per heavy atom. The molecule has 1 aromatic rings. The van der Waals surface area contributed by atoms with Crippen molar-refractivity contribution in [1.82, 2.24) is 4.72 Å². The molecule has 1 aromatic carbocycles. The molecule has 0 aliphatic rings. The molecule has 112 valence electrons. The summed E-state index contributed by atoms with van der Waals surface area (Å²) in [6.45, 7) is 5.24. The predicted molar refractivity (Wildman–Crippen MR) is 76.0 cm³/mol. The number of hydrogen-bond acceptors (Lipinski definition) is 5. The molecule has 0 fully saturated rings. The average molecular weight is 301 g/mol. The predicted octanol–water partition coefficient (Wildman–Crippen LogP) is 1.23. The average Bonchev–Trinajstić information content (AvgIpc) is 2.31. The number of nitro benzene ring substituents is 1. The fraction of sp³-hybridized carbons (Fsp3) is 0.500. The topological polar surface area (TPSA) is 115 Å². The smallest absolute Gasteiger partial charge is 0.271 e. The fourth-order valence-corrected chi connectivity index (χ4v) is 3.07. The van der Waals surface area contributed by atoms with Crippen molar-refractivity contribution in [2.75, 3.05) is 6.54 Å². The van der Waals surface area contributed by atoms with Gasteiger partial charge in [-0.3, -0.25) is 10.1 Å². The van der Waals surface area contributed by atoms with Crippen LogP contribution >= 0.6 is 0 Å². The molecule has 0 radical (unpaired) electrons. The zero-order valence-electron chi connectivity index (χ0n) is 11.7. The van der Waals surface area contributed by atoms with Gasteiger partial charge in [0.05, 0.1) is 9.82 Å². The highest BCUT2D eigenvalue weighted by molar-refractivity contribution is 7.89. The zero-order chi connectivity index (χ0) is 15.5. The van der Waals surface area contributed by atoms with Crippen molar-refractivity contribution in [3.63, 3.8) is 0 Å². The van der Waals surface area contributed by atoms with Gasteiger partial charge < -0.3 is 5.73 Å². The SMILES string of the molecule is Cc1cc([N+](=O)[O-])cc(S(=O)(=O)NCCC(C)N)c1C. The van der Waals surface area contributed by atoms with E-state index in [1.54, 1.807) is 20.8 Å². The van der Waals surface area contributed by atoms with E-state index in [4.69, 9.17) is 5.73 Å². The standard InChI is InChI=1S/C12H19N3O4S/c1-8-6-11(15(16)17)7-12(10(8)3)20(18,19)14-5-4-9(2)13/h6-7,9,14H,4-5,13H2,1-3H3. The lowest BCUT2D eigenvalue weighted by Crippen LogP contribution is -2.29. The molecule has 0 saturated carbocycles. The van der Waals surface area contributed by atoms with Gasteiger partial charge in [0.2, 0.25) is 10.0 Å². The van der Waals surface area contributed by atoms with Crippen LogP contribution in [0.5, 0.6) is 0 Å². The van der Waals surface area contributed by atoms with Crippen molar-refractivity contribution in [3.8, 4) is 0 Å². The third-order valence-electron chi connectivity index (χ3n) is 3.00. The van der Waals surface area contributed by atoms with E-state index in [2.05, 4.69) is 4.72 Å². The van der Waals surface area contributed by atoms with Gasteiger partial charge in [-0.15, -0.1) is 0 Å². The minimum Gasteiger partial charge on any atom is -0.328 e. The number of benzene rings is 1. The highest BCUT2D eigenvalue weighted by atomic mass is 32.2. The van der Waals surface area contributed by atoms with E-state index in [-0.39, 0.29) is 23.2 Å². The molecule has 3 N–H and O–H groups in total. The number of rotatable bonds is 6. The van der Waals surface area contributed by atoms with Crippen LogP contribution in [0.15, 0.2) is 17.0 Å². The quantitative estimate of drug-likeness (QED) is 0.605. The molecule has 0 bridgehead atoms. The second kappa shape index (κ2) is 6.29. The monoisotopic (exact) mass is 301 g/mol. The first-order chi connectivity index (χ1) is 9.15. The number of hydrogen-bond donors (Lipinski definition) is 2. The fourth-order valence-electron chi connectivity index (χ4n) is 1.69. The minimum atomic E-state index is -3.78. The van der Waals surface area contributed by atoms with Crippen molar-refractivity contribution in [2.45, 2.75) is 38.1 Å². The Hall–Kier alpha value is -1.51. The third-order valence-corrected chi connectivity index (χ3v) is 4.58. The first kappa shape index (κ1) is 16.5. The van der Waals surface area contributed by atoms with Crippen LogP contribution in [0.3, 0.4) is 0 Å². The Morgan fingerprint density at radius 1 is 1.40 bits per heavy atom. The van der Waals surface area contributed by atoms with E-state index < -0.39 is 14.9 Å². The zero-order valence-corrected chi connectivity index (χ0v) is 12.5. The molecular formula is C12H19N3O4S. The molecular weight excluding hydrogens is 282 g/mol. The summed E-state index contributed by atoms with van der Waals surface area (Å²) < 4.78 is 26.8. The number of non-ortho nitro benzene ring substituents is 1. The van der Waals surface area contributed by atoms with Crippen LogP contribution in [0.4, 0.5) is 5.69 Å². The molecule has 0 aliphatic carbocycles. The van der Waals surface area contributed by atoms with Crippen molar-refractivity contribution in [2.24, 2.45) is 5.73 Å². The molecule has 0 heterocycles. The molecule has 1 unspecified atom stereocenters. The van der Waals surface area contributed by atoms with Crippen LogP contribution in [-0.2, 0) is 10.0 Å². The van der Waals surface area contributed by atoms with Gasteiger partial charge in [-0.05, 0) is 38.3 Å². The van der Waals surface area contributed by atoms with Crippen molar-refractivity contribution in [3.05, 3.63) is 33.4 Å². The van der Waals surface area contributed by atoms with Gasteiger partial charge in [0, 0.05) is 24.7 Å². The number of sulfonamides is 1. The molecule has 0 aliphatic heterocycles. The Labute approximate surface area is 118 Å². The molecule has 1 rings (SSSR count). The minimum absolute atomic E-state index is 0.0612. The van der Waals surface area contributed by atoms with Gasteiger partial charge in [0.25, 0.3) is 5.69 Å². The summed E-state index contributed by atoms with van der Waals surface area (Å²) in [5, 5.41) is 10.8. The molecule has 8 heteroatoms. The number of aryl methyl sites for hydroxylation is 1. The molecule has 0 aromatic heterocycles. The van der Waals surface area contributed by atoms with Crippen LogP contribution in [-0.4, -0.2) is 25.9 Å². The highest BCUT2D eigenvalue weighted by Crippen LogP contribution is 2.25. The Bertz CT molecular complexity index is 611. The largest absolute Gasteiger partial charge is 0.328 e. The normalized spacial score (nSPS) is 13.2. The van der Waals surface area contributed by atoms with Crippen molar-refractivity contribution in [1.29, 1.82) is 0 Å². The molecule has 0 saturated heterocycles. The van der Waals surface area contributed by atoms with E-state index in [1.165, 1.54) is 6.07 Å². The summed E-state index contributed by atoms with van der Waals surface area (Å²) in [6.07, 6.45) is 0.492. The van der Waals surface area contributed by atoms with E-state index in [0.29, 0.717) is 17.5 Å². The van der Waals surface area contributed by atoms with Gasteiger partial charge in [0.1, 0.15) is 0 Å². The van der Waals surface area contributed by atoms with E-state index in [0.717, 1.165) is 6.07 Å². The van der Waals surface area contributed by atoms with Gasteiger partial charge in [-0.25, -0.2) is 13.1 Å². The van der Waals surface area contributed by atoms with Crippen molar-refractivity contribution < 1.29 is 13.3 Å².